The Kier molecular flexibility index (Phi) is 7.67. The van der Waals surface area contributed by atoms with Gasteiger partial charge in [-0.1, -0.05) is 38.5 Å². The Morgan fingerprint density at radius 3 is 2.82 bits per heavy atom. The van der Waals surface area contributed by atoms with Crippen LogP contribution >= 0.6 is 0 Å². The van der Waals surface area contributed by atoms with Crippen molar-refractivity contribution in [2.75, 3.05) is 13.2 Å². The fourth-order valence-corrected chi connectivity index (χ4v) is 6.18. The summed E-state index contributed by atoms with van der Waals surface area (Å²) in [6.07, 6.45) is 10.5. The van der Waals surface area contributed by atoms with Gasteiger partial charge in [0.2, 0.25) is 0 Å². The zero-order chi connectivity index (χ0) is 24.5. The molecule has 34 heavy (non-hydrogen) atoms. The number of ether oxygens (including phenoxy) is 2. The molecule has 0 amide bonds. The lowest BCUT2D eigenvalue weighted by atomic mass is 9.64. The molecule has 6 atom stereocenters. The second kappa shape index (κ2) is 10.4. The molecule has 0 spiro atoms. The van der Waals surface area contributed by atoms with Crippen LogP contribution in [0.5, 0.6) is 0 Å². The van der Waals surface area contributed by atoms with Crippen LogP contribution in [0, 0.1) is 17.3 Å². The van der Waals surface area contributed by atoms with Gasteiger partial charge in [0, 0.05) is 12.3 Å². The molecular weight excluding hydrogens is 430 g/mol. The number of hydrogen-bond acceptors (Lipinski definition) is 6. The van der Waals surface area contributed by atoms with E-state index in [9.17, 15) is 10.2 Å². The standard InChI is InChI=1S/C27H41N3O4/c1-16(2)19-6-9-27(3)10-7-20-21(25(19)27)5-4-17(14-30-24(29)8-11-28)12-23(20)34-26-22(32)13-18(31)15-33-26/h4-5,8,11,16,18,20,22-23,26,31-32H,6-7,9-10,12-15,28H2,1-3H3,(H2,29,30)/b11-8-/t18?,20?,22?,23?,26-,27?/m0/s1. The van der Waals surface area contributed by atoms with E-state index in [1.807, 2.05) is 0 Å². The number of rotatable bonds is 6. The molecular formula is C27H41N3O4. The van der Waals surface area contributed by atoms with Crippen molar-refractivity contribution in [3.05, 3.63) is 46.7 Å². The summed E-state index contributed by atoms with van der Waals surface area (Å²) in [6, 6.07) is 0. The summed E-state index contributed by atoms with van der Waals surface area (Å²) in [4.78, 5) is 4.47. The summed E-state index contributed by atoms with van der Waals surface area (Å²) in [5.41, 5.74) is 17.2. The molecule has 0 bridgehead atoms. The molecule has 6 N–H and O–H groups in total. The number of allylic oxidation sites excluding steroid dienone is 4. The minimum Gasteiger partial charge on any atom is -0.404 e. The molecule has 2 fully saturated rings. The predicted molar refractivity (Wildman–Crippen MR) is 134 cm³/mol. The zero-order valence-electron chi connectivity index (χ0n) is 20.7. The van der Waals surface area contributed by atoms with Gasteiger partial charge < -0.3 is 31.2 Å². The quantitative estimate of drug-likeness (QED) is 0.349. The molecule has 188 valence electrons. The maximum Gasteiger partial charge on any atom is 0.183 e. The molecule has 5 unspecified atom stereocenters. The average Bonchev–Trinajstić information content (AvgIpc) is 3.05. The lowest BCUT2D eigenvalue weighted by molar-refractivity contribution is -0.257. The molecule has 0 aromatic carbocycles. The number of fused-ring (bicyclic) bond motifs is 3. The van der Waals surface area contributed by atoms with Crippen molar-refractivity contribution < 1.29 is 19.7 Å². The van der Waals surface area contributed by atoms with Crippen molar-refractivity contribution in [3.63, 3.8) is 0 Å². The van der Waals surface area contributed by atoms with Crippen LogP contribution in [0.4, 0.5) is 0 Å². The first-order chi connectivity index (χ1) is 16.2. The predicted octanol–water partition coefficient (Wildman–Crippen LogP) is 3.09. The lowest BCUT2D eigenvalue weighted by Crippen LogP contribution is -2.46. The maximum absolute atomic E-state index is 10.5. The van der Waals surface area contributed by atoms with Crippen LogP contribution in [-0.4, -0.2) is 53.8 Å². The van der Waals surface area contributed by atoms with Crippen molar-refractivity contribution in [2.24, 2.45) is 33.7 Å². The smallest absolute Gasteiger partial charge is 0.183 e. The molecule has 7 heteroatoms. The number of aliphatic hydroxyl groups is 2. The van der Waals surface area contributed by atoms with Crippen LogP contribution in [0.25, 0.3) is 0 Å². The summed E-state index contributed by atoms with van der Waals surface area (Å²) in [5, 5.41) is 20.4. The molecule has 1 aliphatic heterocycles. The fraction of sp³-hybridized carbons (Fsp3) is 0.667. The van der Waals surface area contributed by atoms with Crippen LogP contribution in [-0.2, 0) is 9.47 Å². The van der Waals surface area contributed by atoms with Gasteiger partial charge in [0.1, 0.15) is 11.9 Å². The van der Waals surface area contributed by atoms with Crippen molar-refractivity contribution in [1.29, 1.82) is 0 Å². The monoisotopic (exact) mass is 471 g/mol. The van der Waals surface area contributed by atoms with Gasteiger partial charge in [-0.05, 0) is 72.4 Å². The van der Waals surface area contributed by atoms with E-state index in [1.54, 1.807) is 11.6 Å². The van der Waals surface area contributed by atoms with Gasteiger partial charge in [-0.3, -0.25) is 4.99 Å². The zero-order valence-corrected chi connectivity index (χ0v) is 20.7. The van der Waals surface area contributed by atoms with E-state index in [-0.39, 0.29) is 30.5 Å². The minimum absolute atomic E-state index is 0.151. The molecule has 3 aliphatic carbocycles. The Labute approximate surface area is 203 Å². The third-order valence-corrected chi connectivity index (χ3v) is 7.99. The molecule has 4 aliphatic rings. The SMILES string of the molecule is CC(C)C1=C2C3=CC=C(CN=C(N)/C=C\N)CC(O[C@@H]4OCC(O)CC4O)C3CCC2(C)CC1. The first-order valence-electron chi connectivity index (χ1n) is 12.7. The molecule has 0 aromatic rings. The third kappa shape index (κ3) is 5.18. The van der Waals surface area contributed by atoms with E-state index in [1.165, 1.54) is 23.8 Å². The van der Waals surface area contributed by atoms with Crippen LogP contribution < -0.4 is 11.5 Å². The van der Waals surface area contributed by atoms with E-state index >= 15 is 0 Å². The number of aliphatic hydroxyl groups excluding tert-OH is 2. The van der Waals surface area contributed by atoms with E-state index < -0.39 is 18.5 Å². The van der Waals surface area contributed by atoms with E-state index in [0.29, 0.717) is 24.7 Å². The topological polar surface area (TPSA) is 123 Å². The first-order valence-corrected chi connectivity index (χ1v) is 12.7. The average molecular weight is 472 g/mol. The van der Waals surface area contributed by atoms with E-state index in [0.717, 1.165) is 24.8 Å². The summed E-state index contributed by atoms with van der Waals surface area (Å²) in [7, 11) is 0. The van der Waals surface area contributed by atoms with Gasteiger partial charge in [0.05, 0.1) is 25.4 Å². The van der Waals surface area contributed by atoms with Gasteiger partial charge in [0.25, 0.3) is 0 Å². The van der Waals surface area contributed by atoms with Gasteiger partial charge in [-0.2, -0.15) is 0 Å². The van der Waals surface area contributed by atoms with Gasteiger partial charge in [0.15, 0.2) is 6.29 Å². The third-order valence-electron chi connectivity index (χ3n) is 7.99. The largest absolute Gasteiger partial charge is 0.404 e. The molecule has 1 saturated carbocycles. The highest BCUT2D eigenvalue weighted by Gasteiger charge is 2.47. The van der Waals surface area contributed by atoms with Gasteiger partial charge in [-0.15, -0.1) is 0 Å². The Morgan fingerprint density at radius 1 is 1.32 bits per heavy atom. The normalized spacial score (nSPS) is 36.9. The van der Waals surface area contributed by atoms with Crippen molar-refractivity contribution in [3.8, 4) is 0 Å². The number of hydrogen-bond donors (Lipinski definition) is 4. The summed E-state index contributed by atoms with van der Waals surface area (Å²) in [5.74, 6) is 1.12. The van der Waals surface area contributed by atoms with Crippen LogP contribution in [0.3, 0.4) is 0 Å². The van der Waals surface area contributed by atoms with Gasteiger partial charge in [-0.25, -0.2) is 0 Å². The second-order valence-corrected chi connectivity index (χ2v) is 10.8. The molecule has 0 radical (unpaired) electrons. The van der Waals surface area contributed by atoms with Crippen molar-refractivity contribution in [1.82, 2.24) is 0 Å². The first kappa shape index (κ1) is 25.2. The molecule has 4 rings (SSSR count). The van der Waals surface area contributed by atoms with Crippen LogP contribution in [0.15, 0.2) is 51.7 Å². The number of aliphatic imine (C=N–C) groups is 1. The highest BCUT2D eigenvalue weighted by Crippen LogP contribution is 2.58. The number of nitrogens with zero attached hydrogens (tertiary/aromatic N) is 1. The molecule has 1 heterocycles. The Balaban J connectivity index is 1.68. The lowest BCUT2D eigenvalue weighted by Gasteiger charge is -2.43. The van der Waals surface area contributed by atoms with E-state index in [4.69, 9.17) is 20.9 Å². The highest BCUT2D eigenvalue weighted by molar-refractivity contribution is 5.91. The second-order valence-electron chi connectivity index (χ2n) is 10.8. The molecule has 7 nitrogen and oxygen atoms in total. The fourth-order valence-electron chi connectivity index (χ4n) is 6.18. The van der Waals surface area contributed by atoms with Crippen LogP contribution in [0.2, 0.25) is 0 Å². The minimum atomic E-state index is -0.846. The highest BCUT2D eigenvalue weighted by atomic mass is 16.7. The summed E-state index contributed by atoms with van der Waals surface area (Å²) < 4.78 is 12.2. The summed E-state index contributed by atoms with van der Waals surface area (Å²) in [6.45, 7) is 7.65. The Morgan fingerprint density at radius 2 is 2.12 bits per heavy atom. The van der Waals surface area contributed by atoms with Crippen molar-refractivity contribution >= 4 is 5.84 Å². The Bertz CT molecular complexity index is 919. The van der Waals surface area contributed by atoms with Crippen LogP contribution in [0.1, 0.15) is 59.3 Å². The van der Waals surface area contributed by atoms with E-state index in [2.05, 4.69) is 37.9 Å². The Hall–Kier alpha value is -1.93. The molecule has 1 saturated heterocycles. The van der Waals surface area contributed by atoms with Gasteiger partial charge >= 0.3 is 0 Å². The number of nitrogens with two attached hydrogens (primary N) is 2. The molecule has 0 aromatic heterocycles. The number of amidine groups is 1. The summed E-state index contributed by atoms with van der Waals surface area (Å²) >= 11 is 0. The van der Waals surface area contributed by atoms with Crippen molar-refractivity contribution in [2.45, 2.75) is 83.9 Å². The maximum atomic E-state index is 10.5.